The molecule has 1 atom stereocenters. The first-order chi connectivity index (χ1) is 7.94. The van der Waals surface area contributed by atoms with Crippen LogP contribution in [0.15, 0.2) is 18.2 Å². The van der Waals surface area contributed by atoms with Gasteiger partial charge in [0.1, 0.15) is 0 Å². The van der Waals surface area contributed by atoms with E-state index in [0.29, 0.717) is 6.42 Å². The van der Waals surface area contributed by atoms with Gasteiger partial charge in [-0.25, -0.2) is 0 Å². The van der Waals surface area contributed by atoms with Gasteiger partial charge in [-0.1, -0.05) is 32.9 Å². The van der Waals surface area contributed by atoms with Gasteiger partial charge in [-0.2, -0.15) is 0 Å². The molecule has 1 aromatic rings. The summed E-state index contributed by atoms with van der Waals surface area (Å²) in [6.45, 7) is 6.17. The van der Waals surface area contributed by atoms with E-state index in [4.69, 9.17) is 0 Å². The Morgan fingerprint density at radius 1 is 1.47 bits per heavy atom. The Balaban J connectivity index is 2.30. The fraction of sp³-hybridized carbons (Fsp3) is 0.500. The predicted octanol–water partition coefficient (Wildman–Crippen LogP) is 2.65. The number of nitrogens with one attached hydrogen (secondary N) is 1. The average molecular weight is 233 g/mol. The predicted molar refractivity (Wildman–Crippen MR) is 67.8 cm³/mol. The summed E-state index contributed by atoms with van der Waals surface area (Å²) in [5.74, 6) is 0.0291. The molecular weight excluding hydrogens is 214 g/mol. The Labute approximate surface area is 102 Å². The van der Waals surface area contributed by atoms with E-state index in [1.807, 2.05) is 32.0 Å². The molecule has 0 fully saturated rings. The third-order valence-corrected chi connectivity index (χ3v) is 3.72. The number of aliphatic hydroxyl groups excluding tert-OH is 1. The highest BCUT2D eigenvalue weighted by molar-refractivity contribution is 5.99. The normalized spacial score (nSPS) is 16.6. The third-order valence-electron chi connectivity index (χ3n) is 3.72. The molecule has 2 N–H and O–H groups in total. The zero-order valence-corrected chi connectivity index (χ0v) is 10.6. The molecule has 92 valence electrons. The number of amides is 1. The molecule has 1 aromatic carbocycles. The molecule has 1 aliphatic heterocycles. The highest BCUT2D eigenvalue weighted by atomic mass is 16.3. The van der Waals surface area contributed by atoms with Gasteiger partial charge in [-0.3, -0.25) is 4.79 Å². The van der Waals surface area contributed by atoms with Crippen molar-refractivity contribution in [2.45, 2.75) is 39.7 Å². The van der Waals surface area contributed by atoms with E-state index in [1.165, 1.54) is 0 Å². The number of anilines is 1. The smallest absolute Gasteiger partial charge is 0.228 e. The molecule has 0 saturated carbocycles. The van der Waals surface area contributed by atoms with Crippen LogP contribution in [-0.4, -0.2) is 11.0 Å². The fourth-order valence-corrected chi connectivity index (χ4v) is 2.06. The van der Waals surface area contributed by atoms with Crippen LogP contribution >= 0.6 is 0 Å². The van der Waals surface area contributed by atoms with E-state index in [2.05, 4.69) is 12.2 Å². The van der Waals surface area contributed by atoms with Gasteiger partial charge >= 0.3 is 0 Å². The maximum atomic E-state index is 11.3. The summed E-state index contributed by atoms with van der Waals surface area (Å²) in [5, 5.41) is 13.1. The zero-order chi connectivity index (χ0) is 12.6. The molecule has 0 radical (unpaired) electrons. The van der Waals surface area contributed by atoms with Crippen LogP contribution in [0, 0.1) is 5.41 Å². The first kappa shape index (κ1) is 12.1. The molecule has 2 rings (SSSR count). The second kappa shape index (κ2) is 4.15. The maximum Gasteiger partial charge on any atom is 0.228 e. The van der Waals surface area contributed by atoms with Crippen molar-refractivity contribution in [1.29, 1.82) is 0 Å². The van der Waals surface area contributed by atoms with Crippen LogP contribution in [0.1, 0.15) is 44.4 Å². The molecule has 3 heteroatoms. The topological polar surface area (TPSA) is 49.3 Å². The molecule has 1 unspecified atom stereocenters. The number of benzene rings is 1. The lowest BCUT2D eigenvalue weighted by Gasteiger charge is -2.29. The van der Waals surface area contributed by atoms with Gasteiger partial charge in [0.05, 0.1) is 12.5 Å². The average Bonchev–Trinajstić information content (AvgIpc) is 2.66. The van der Waals surface area contributed by atoms with Crippen LogP contribution < -0.4 is 5.32 Å². The number of carbonyl (C=O) groups excluding carboxylic acids is 1. The number of fused-ring (bicyclic) bond motifs is 1. The lowest BCUT2D eigenvalue weighted by molar-refractivity contribution is -0.115. The largest absolute Gasteiger partial charge is 0.388 e. The summed E-state index contributed by atoms with van der Waals surface area (Å²) in [6.07, 6.45) is 0.832. The first-order valence-electron chi connectivity index (χ1n) is 6.05. The minimum Gasteiger partial charge on any atom is -0.388 e. The number of carbonyl (C=O) groups is 1. The lowest BCUT2D eigenvalue weighted by Crippen LogP contribution is -2.21. The molecule has 0 saturated heterocycles. The van der Waals surface area contributed by atoms with E-state index in [0.717, 1.165) is 23.2 Å². The van der Waals surface area contributed by atoms with Crippen molar-refractivity contribution in [1.82, 2.24) is 0 Å². The minimum absolute atomic E-state index is 0.0291. The van der Waals surface area contributed by atoms with Gasteiger partial charge in [-0.05, 0) is 29.0 Å². The highest BCUT2D eigenvalue weighted by Crippen LogP contribution is 2.37. The third kappa shape index (κ3) is 2.20. The van der Waals surface area contributed by atoms with Crippen LogP contribution in [0.3, 0.4) is 0 Å². The SMILES string of the molecule is CCC(C)(C)C(O)c1ccc2c(c1)CC(=O)N2. The van der Waals surface area contributed by atoms with E-state index >= 15 is 0 Å². The molecule has 0 spiro atoms. The Bertz CT molecular complexity index is 452. The van der Waals surface area contributed by atoms with Crippen molar-refractivity contribution in [2.75, 3.05) is 5.32 Å². The Morgan fingerprint density at radius 2 is 2.18 bits per heavy atom. The standard InChI is InChI=1S/C14H19NO2/c1-4-14(2,3)13(17)9-5-6-11-10(7-9)8-12(16)15-11/h5-7,13,17H,4,8H2,1-3H3,(H,15,16). The Kier molecular flexibility index (Phi) is 2.96. The van der Waals surface area contributed by atoms with Gasteiger partial charge in [0.15, 0.2) is 0 Å². The number of hydrogen-bond acceptors (Lipinski definition) is 2. The minimum atomic E-state index is -0.492. The lowest BCUT2D eigenvalue weighted by atomic mass is 9.80. The van der Waals surface area contributed by atoms with Gasteiger partial charge in [0.2, 0.25) is 5.91 Å². The van der Waals surface area contributed by atoms with Crippen molar-refractivity contribution in [3.63, 3.8) is 0 Å². The molecule has 3 nitrogen and oxygen atoms in total. The number of aliphatic hydroxyl groups is 1. The Morgan fingerprint density at radius 3 is 2.82 bits per heavy atom. The van der Waals surface area contributed by atoms with Crippen molar-refractivity contribution >= 4 is 11.6 Å². The van der Waals surface area contributed by atoms with Gasteiger partial charge in [0.25, 0.3) is 0 Å². The van der Waals surface area contributed by atoms with Crippen molar-refractivity contribution in [3.05, 3.63) is 29.3 Å². The molecule has 17 heavy (non-hydrogen) atoms. The summed E-state index contributed by atoms with van der Waals surface area (Å²) in [6, 6.07) is 5.71. The first-order valence-corrected chi connectivity index (χ1v) is 6.05. The summed E-state index contributed by atoms with van der Waals surface area (Å²) in [7, 11) is 0. The quantitative estimate of drug-likeness (QED) is 0.843. The van der Waals surface area contributed by atoms with Crippen LogP contribution in [0.25, 0.3) is 0 Å². The van der Waals surface area contributed by atoms with E-state index in [1.54, 1.807) is 0 Å². The van der Waals surface area contributed by atoms with Gasteiger partial charge in [0, 0.05) is 5.69 Å². The molecule has 1 aliphatic rings. The number of rotatable bonds is 3. The molecular formula is C14H19NO2. The Hall–Kier alpha value is -1.35. The van der Waals surface area contributed by atoms with Crippen LogP contribution in [0.2, 0.25) is 0 Å². The number of hydrogen-bond donors (Lipinski definition) is 2. The molecule has 0 bridgehead atoms. The van der Waals surface area contributed by atoms with Crippen molar-refractivity contribution in [2.24, 2.45) is 5.41 Å². The van der Waals surface area contributed by atoms with E-state index in [-0.39, 0.29) is 11.3 Å². The van der Waals surface area contributed by atoms with Crippen molar-refractivity contribution in [3.8, 4) is 0 Å². The monoisotopic (exact) mass is 233 g/mol. The van der Waals surface area contributed by atoms with Crippen LogP contribution in [0.5, 0.6) is 0 Å². The summed E-state index contributed by atoms with van der Waals surface area (Å²) in [4.78, 5) is 11.3. The van der Waals surface area contributed by atoms with Crippen molar-refractivity contribution < 1.29 is 9.90 Å². The van der Waals surface area contributed by atoms with Crippen LogP contribution in [-0.2, 0) is 11.2 Å². The molecule has 1 amide bonds. The van der Waals surface area contributed by atoms with E-state index in [9.17, 15) is 9.90 Å². The van der Waals surface area contributed by atoms with Crippen LogP contribution in [0.4, 0.5) is 5.69 Å². The van der Waals surface area contributed by atoms with Gasteiger partial charge < -0.3 is 10.4 Å². The fourth-order valence-electron chi connectivity index (χ4n) is 2.06. The second-order valence-corrected chi connectivity index (χ2v) is 5.39. The molecule has 0 aromatic heterocycles. The zero-order valence-electron chi connectivity index (χ0n) is 10.6. The second-order valence-electron chi connectivity index (χ2n) is 5.39. The summed E-state index contributed by atoms with van der Waals surface area (Å²) >= 11 is 0. The molecule has 0 aliphatic carbocycles. The molecule has 1 heterocycles. The summed E-state index contributed by atoms with van der Waals surface area (Å²) in [5.41, 5.74) is 2.61. The van der Waals surface area contributed by atoms with E-state index < -0.39 is 6.10 Å². The summed E-state index contributed by atoms with van der Waals surface area (Å²) < 4.78 is 0. The highest BCUT2D eigenvalue weighted by Gasteiger charge is 2.28. The van der Waals surface area contributed by atoms with Gasteiger partial charge in [-0.15, -0.1) is 0 Å². The maximum absolute atomic E-state index is 11.3.